The highest BCUT2D eigenvalue weighted by Gasteiger charge is 2.12. The average molecular weight is 294 g/mol. The van der Waals surface area contributed by atoms with Gasteiger partial charge in [-0.1, -0.05) is 28.1 Å². The fraction of sp³-hybridized carbons (Fsp3) is 0.308. The molecule has 0 amide bonds. The quantitative estimate of drug-likeness (QED) is 0.943. The molecule has 0 atom stereocenters. The molecule has 1 aromatic carbocycles. The number of nitrogens with one attached hydrogen (secondary N) is 1. The van der Waals surface area contributed by atoms with E-state index in [4.69, 9.17) is 0 Å². The van der Waals surface area contributed by atoms with E-state index in [1.807, 2.05) is 26.1 Å². The first-order chi connectivity index (χ1) is 8.13. The summed E-state index contributed by atoms with van der Waals surface area (Å²) in [7, 11) is 4.01. The van der Waals surface area contributed by atoms with Crippen molar-refractivity contribution in [2.45, 2.75) is 13.5 Å². The molecule has 0 saturated heterocycles. The summed E-state index contributed by atoms with van der Waals surface area (Å²) < 4.78 is 3.22. The highest BCUT2D eigenvalue weighted by Crippen LogP contribution is 2.24. The van der Waals surface area contributed by atoms with Crippen molar-refractivity contribution in [2.24, 2.45) is 7.05 Å². The molecule has 2 aromatic rings. The first-order valence-electron chi connectivity index (χ1n) is 5.56. The van der Waals surface area contributed by atoms with Crippen LogP contribution in [0.1, 0.15) is 11.4 Å². The van der Waals surface area contributed by atoms with Gasteiger partial charge in [-0.3, -0.25) is 0 Å². The third-order valence-corrected chi connectivity index (χ3v) is 3.33. The minimum atomic E-state index is 0.837. The monoisotopic (exact) mass is 293 g/mol. The van der Waals surface area contributed by atoms with Crippen LogP contribution in [0.5, 0.6) is 0 Å². The lowest BCUT2D eigenvalue weighted by atomic mass is 10.2. The SMILES string of the molecule is CNCc1c(C)nc(-c2cccc(Br)c2)n1C. The van der Waals surface area contributed by atoms with Crippen molar-refractivity contribution in [1.29, 1.82) is 0 Å². The van der Waals surface area contributed by atoms with Crippen LogP contribution in [0.2, 0.25) is 0 Å². The summed E-state index contributed by atoms with van der Waals surface area (Å²) in [4.78, 5) is 4.64. The van der Waals surface area contributed by atoms with Crippen LogP contribution < -0.4 is 5.32 Å². The van der Waals surface area contributed by atoms with Gasteiger partial charge in [0.1, 0.15) is 5.82 Å². The molecule has 0 aliphatic heterocycles. The summed E-state index contributed by atoms with van der Waals surface area (Å²) in [6.07, 6.45) is 0. The third kappa shape index (κ3) is 2.42. The van der Waals surface area contributed by atoms with Crippen molar-refractivity contribution >= 4 is 15.9 Å². The summed E-state index contributed by atoms with van der Waals surface area (Å²) in [6.45, 7) is 2.89. The summed E-state index contributed by atoms with van der Waals surface area (Å²) in [5.41, 5.74) is 3.44. The van der Waals surface area contributed by atoms with Gasteiger partial charge in [-0.25, -0.2) is 4.98 Å². The van der Waals surface area contributed by atoms with E-state index in [9.17, 15) is 0 Å². The Labute approximate surface area is 110 Å². The van der Waals surface area contributed by atoms with Crippen LogP contribution >= 0.6 is 15.9 Å². The van der Waals surface area contributed by atoms with E-state index < -0.39 is 0 Å². The van der Waals surface area contributed by atoms with E-state index in [-0.39, 0.29) is 0 Å². The molecular formula is C13H16BrN3. The largest absolute Gasteiger partial charge is 0.330 e. The van der Waals surface area contributed by atoms with Crippen molar-refractivity contribution in [3.8, 4) is 11.4 Å². The molecule has 0 bridgehead atoms. The predicted molar refractivity (Wildman–Crippen MR) is 73.8 cm³/mol. The molecule has 4 heteroatoms. The molecule has 3 nitrogen and oxygen atoms in total. The van der Waals surface area contributed by atoms with Gasteiger partial charge in [-0.05, 0) is 26.1 Å². The number of aromatic nitrogens is 2. The molecule has 1 N–H and O–H groups in total. The summed E-state index contributed by atoms with van der Waals surface area (Å²) in [5, 5.41) is 3.17. The highest BCUT2D eigenvalue weighted by atomic mass is 79.9. The number of aryl methyl sites for hydroxylation is 1. The van der Waals surface area contributed by atoms with Gasteiger partial charge in [-0.2, -0.15) is 0 Å². The molecule has 17 heavy (non-hydrogen) atoms. The van der Waals surface area contributed by atoms with E-state index in [1.54, 1.807) is 0 Å². The Morgan fingerprint density at radius 2 is 2.18 bits per heavy atom. The van der Waals surface area contributed by atoms with Crippen LogP contribution in [0.4, 0.5) is 0 Å². The van der Waals surface area contributed by atoms with Crippen LogP contribution in [0.25, 0.3) is 11.4 Å². The van der Waals surface area contributed by atoms with E-state index in [0.717, 1.165) is 28.1 Å². The van der Waals surface area contributed by atoms with Crippen LogP contribution in [0.15, 0.2) is 28.7 Å². The fourth-order valence-electron chi connectivity index (χ4n) is 1.97. The Kier molecular flexibility index (Phi) is 3.64. The summed E-state index contributed by atoms with van der Waals surface area (Å²) in [6, 6.07) is 8.22. The molecule has 1 aromatic heterocycles. The molecule has 0 aliphatic carbocycles. The standard InChI is InChI=1S/C13H16BrN3/c1-9-12(8-15-2)17(3)13(16-9)10-5-4-6-11(14)7-10/h4-7,15H,8H2,1-3H3. The van der Waals surface area contributed by atoms with Gasteiger partial charge >= 0.3 is 0 Å². The predicted octanol–water partition coefficient (Wildman–Crippen LogP) is 2.88. The van der Waals surface area contributed by atoms with Gasteiger partial charge in [0.25, 0.3) is 0 Å². The zero-order valence-electron chi connectivity index (χ0n) is 10.3. The molecule has 90 valence electrons. The maximum atomic E-state index is 4.64. The van der Waals surface area contributed by atoms with E-state index in [2.05, 4.69) is 50.0 Å². The van der Waals surface area contributed by atoms with Crippen LogP contribution in [-0.4, -0.2) is 16.6 Å². The Balaban J connectivity index is 2.50. The minimum absolute atomic E-state index is 0.837. The van der Waals surface area contributed by atoms with Crippen LogP contribution in [0.3, 0.4) is 0 Å². The first kappa shape index (κ1) is 12.3. The molecule has 0 saturated carbocycles. The van der Waals surface area contributed by atoms with E-state index in [1.165, 1.54) is 5.69 Å². The normalized spacial score (nSPS) is 10.8. The third-order valence-electron chi connectivity index (χ3n) is 2.84. The second-order valence-electron chi connectivity index (χ2n) is 4.07. The number of halogens is 1. The van der Waals surface area contributed by atoms with Gasteiger partial charge in [0.05, 0.1) is 11.4 Å². The fourth-order valence-corrected chi connectivity index (χ4v) is 2.37. The number of rotatable bonds is 3. The second-order valence-corrected chi connectivity index (χ2v) is 4.98. The lowest BCUT2D eigenvalue weighted by Crippen LogP contribution is -2.10. The maximum Gasteiger partial charge on any atom is 0.140 e. The minimum Gasteiger partial charge on any atom is -0.330 e. The van der Waals surface area contributed by atoms with Gasteiger partial charge in [0, 0.05) is 23.6 Å². The van der Waals surface area contributed by atoms with Gasteiger partial charge in [0.2, 0.25) is 0 Å². The molecule has 2 rings (SSSR count). The number of benzene rings is 1. The highest BCUT2D eigenvalue weighted by molar-refractivity contribution is 9.10. The van der Waals surface area contributed by atoms with Gasteiger partial charge in [0.15, 0.2) is 0 Å². The molecule has 0 aliphatic rings. The zero-order valence-corrected chi connectivity index (χ0v) is 11.9. The molecule has 0 spiro atoms. The number of nitrogens with zero attached hydrogens (tertiary/aromatic N) is 2. The van der Waals surface area contributed by atoms with Crippen molar-refractivity contribution in [3.63, 3.8) is 0 Å². The topological polar surface area (TPSA) is 29.9 Å². The smallest absolute Gasteiger partial charge is 0.140 e. The Morgan fingerprint density at radius 1 is 1.41 bits per heavy atom. The molecule has 0 radical (unpaired) electrons. The number of hydrogen-bond donors (Lipinski definition) is 1. The van der Waals surface area contributed by atoms with Crippen molar-refractivity contribution < 1.29 is 0 Å². The lowest BCUT2D eigenvalue weighted by molar-refractivity contribution is 0.732. The molecule has 0 unspecified atom stereocenters. The Hall–Kier alpha value is -1.13. The number of imidazole rings is 1. The Bertz CT molecular complexity index is 531. The summed E-state index contributed by atoms with van der Waals surface area (Å²) in [5.74, 6) is 1.01. The van der Waals surface area contributed by atoms with Gasteiger partial charge < -0.3 is 9.88 Å². The van der Waals surface area contributed by atoms with Crippen LogP contribution in [0, 0.1) is 6.92 Å². The van der Waals surface area contributed by atoms with Crippen molar-refractivity contribution in [2.75, 3.05) is 7.05 Å². The van der Waals surface area contributed by atoms with Crippen molar-refractivity contribution in [3.05, 3.63) is 40.1 Å². The molecule has 1 heterocycles. The Morgan fingerprint density at radius 3 is 2.82 bits per heavy atom. The van der Waals surface area contributed by atoms with E-state index in [0.29, 0.717) is 0 Å². The van der Waals surface area contributed by atoms with Crippen LogP contribution in [-0.2, 0) is 13.6 Å². The summed E-state index contributed by atoms with van der Waals surface area (Å²) >= 11 is 3.49. The van der Waals surface area contributed by atoms with Crippen molar-refractivity contribution in [1.82, 2.24) is 14.9 Å². The maximum absolute atomic E-state index is 4.64. The zero-order chi connectivity index (χ0) is 12.4. The lowest BCUT2D eigenvalue weighted by Gasteiger charge is -2.06. The second kappa shape index (κ2) is 5.02. The van der Waals surface area contributed by atoms with E-state index >= 15 is 0 Å². The molecule has 0 fully saturated rings. The first-order valence-corrected chi connectivity index (χ1v) is 6.35. The number of hydrogen-bond acceptors (Lipinski definition) is 2. The van der Waals surface area contributed by atoms with Gasteiger partial charge in [-0.15, -0.1) is 0 Å². The average Bonchev–Trinajstić information content (AvgIpc) is 2.57. The molecular weight excluding hydrogens is 278 g/mol.